The number of rotatable bonds is 5. The van der Waals surface area contributed by atoms with Crippen molar-refractivity contribution in [2.75, 3.05) is 13.6 Å². The van der Waals surface area contributed by atoms with Gasteiger partial charge in [0.2, 0.25) is 0 Å². The molecule has 1 atom stereocenters. The molecule has 0 amide bonds. The second kappa shape index (κ2) is 7.13. The van der Waals surface area contributed by atoms with Crippen LogP contribution < -0.4 is 0 Å². The van der Waals surface area contributed by atoms with Gasteiger partial charge in [-0.25, -0.2) is 0 Å². The number of hydrogen-bond acceptors (Lipinski definition) is 2. The first-order chi connectivity index (χ1) is 10.1. The quantitative estimate of drug-likeness (QED) is 0.719. The minimum atomic E-state index is 0.316. The molecule has 21 heavy (non-hydrogen) atoms. The van der Waals surface area contributed by atoms with Crippen LogP contribution in [-0.4, -0.2) is 30.2 Å². The highest BCUT2D eigenvalue weighted by Gasteiger charge is 2.27. The summed E-state index contributed by atoms with van der Waals surface area (Å²) < 4.78 is 0. The number of hydrogen-bond donors (Lipinski definition) is 0. The third-order valence-corrected chi connectivity index (χ3v) is 4.68. The molecule has 1 fully saturated rings. The van der Waals surface area contributed by atoms with Gasteiger partial charge in [-0.15, -0.1) is 0 Å². The van der Waals surface area contributed by atoms with Crippen LogP contribution in [0, 0.1) is 0 Å². The van der Waals surface area contributed by atoms with Crippen molar-refractivity contribution in [3.8, 4) is 0 Å². The van der Waals surface area contributed by atoms with Crippen LogP contribution in [0.1, 0.15) is 44.2 Å². The van der Waals surface area contributed by atoms with Crippen LogP contribution in [0.4, 0.5) is 0 Å². The second-order valence-corrected chi connectivity index (χ2v) is 5.96. The lowest BCUT2D eigenvalue weighted by molar-refractivity contribution is 0.343. The van der Waals surface area contributed by atoms with E-state index < -0.39 is 0 Å². The molecule has 1 unspecified atom stereocenters. The summed E-state index contributed by atoms with van der Waals surface area (Å²) in [6.45, 7) is 9.65. The van der Waals surface area contributed by atoms with Crippen molar-refractivity contribution in [1.82, 2.24) is 4.90 Å². The summed E-state index contributed by atoms with van der Waals surface area (Å²) in [5.41, 5.74) is 4.76. The van der Waals surface area contributed by atoms with E-state index in [0.717, 1.165) is 36.5 Å². The van der Waals surface area contributed by atoms with Crippen molar-refractivity contribution in [2.24, 2.45) is 4.99 Å². The highest BCUT2D eigenvalue weighted by Crippen LogP contribution is 2.27. The summed E-state index contributed by atoms with van der Waals surface area (Å²) in [5.74, 6) is 0. The number of benzene rings is 1. The molecule has 1 aliphatic heterocycles. The molecule has 1 aromatic carbocycles. The average molecular weight is 305 g/mol. The molecule has 0 aromatic heterocycles. The van der Waals surface area contributed by atoms with Crippen molar-refractivity contribution < 1.29 is 0 Å². The zero-order valence-electron chi connectivity index (χ0n) is 13.3. The molecule has 2 rings (SSSR count). The number of aliphatic imine (C=N–C) groups is 1. The van der Waals surface area contributed by atoms with Gasteiger partial charge in [0.05, 0.1) is 11.8 Å². The van der Waals surface area contributed by atoms with Gasteiger partial charge in [0, 0.05) is 24.3 Å². The van der Waals surface area contributed by atoms with E-state index in [2.05, 4.69) is 42.5 Å². The van der Waals surface area contributed by atoms with Crippen LogP contribution in [0.5, 0.6) is 0 Å². The van der Waals surface area contributed by atoms with Crippen molar-refractivity contribution in [2.45, 2.75) is 45.6 Å². The Bertz CT molecular complexity index is 548. The van der Waals surface area contributed by atoms with Crippen LogP contribution in [0.2, 0.25) is 5.02 Å². The summed E-state index contributed by atoms with van der Waals surface area (Å²) in [6, 6.07) is 6.58. The van der Waals surface area contributed by atoms with E-state index in [1.165, 1.54) is 23.2 Å². The lowest BCUT2D eigenvalue weighted by Crippen LogP contribution is -2.38. The van der Waals surface area contributed by atoms with Gasteiger partial charge in [-0.05, 0) is 48.9 Å². The van der Waals surface area contributed by atoms with Gasteiger partial charge in [0.15, 0.2) is 0 Å². The Kier molecular flexibility index (Phi) is 5.46. The van der Waals surface area contributed by atoms with Gasteiger partial charge in [-0.3, -0.25) is 4.99 Å². The van der Waals surface area contributed by atoms with E-state index in [1.54, 1.807) is 0 Å². The van der Waals surface area contributed by atoms with E-state index in [0.29, 0.717) is 6.04 Å². The fourth-order valence-corrected chi connectivity index (χ4v) is 3.42. The standard InChI is InChI=1S/C18H25ClN2/c1-5-14-12-15(9-10-16(14)19)18(20-4)17(6-2)21-11-7-8-13(21)3/h9-10,12,17H,3,5-8,11H2,1-2,4H3. The smallest absolute Gasteiger partial charge is 0.0709 e. The first-order valence-electron chi connectivity index (χ1n) is 7.82. The molecular formula is C18H25ClN2. The van der Waals surface area contributed by atoms with E-state index in [4.69, 9.17) is 11.6 Å². The Morgan fingerprint density at radius 2 is 2.19 bits per heavy atom. The lowest BCUT2D eigenvalue weighted by Gasteiger charge is -2.31. The molecule has 1 heterocycles. The topological polar surface area (TPSA) is 15.6 Å². The largest absolute Gasteiger partial charge is 0.367 e. The maximum Gasteiger partial charge on any atom is 0.0709 e. The van der Waals surface area contributed by atoms with Gasteiger partial charge in [-0.2, -0.15) is 0 Å². The predicted octanol–water partition coefficient (Wildman–Crippen LogP) is 4.71. The Morgan fingerprint density at radius 3 is 2.71 bits per heavy atom. The molecule has 0 saturated carbocycles. The number of nitrogens with zero attached hydrogens (tertiary/aromatic N) is 2. The maximum atomic E-state index is 6.24. The first kappa shape index (κ1) is 16.1. The summed E-state index contributed by atoms with van der Waals surface area (Å²) in [7, 11) is 1.89. The summed E-state index contributed by atoms with van der Waals surface area (Å²) >= 11 is 6.24. The second-order valence-electron chi connectivity index (χ2n) is 5.56. The third kappa shape index (κ3) is 3.32. The minimum absolute atomic E-state index is 0.316. The molecule has 0 aliphatic carbocycles. The van der Waals surface area contributed by atoms with E-state index in [1.807, 2.05) is 13.1 Å². The number of allylic oxidation sites excluding steroid dienone is 1. The molecule has 1 aliphatic rings. The molecule has 3 heteroatoms. The fraction of sp³-hybridized carbons (Fsp3) is 0.500. The van der Waals surface area contributed by atoms with Crippen LogP contribution in [0.25, 0.3) is 0 Å². The van der Waals surface area contributed by atoms with Crippen molar-refractivity contribution >= 4 is 17.3 Å². The molecular weight excluding hydrogens is 280 g/mol. The molecule has 0 radical (unpaired) electrons. The fourth-order valence-electron chi connectivity index (χ4n) is 3.17. The molecule has 2 nitrogen and oxygen atoms in total. The van der Waals surface area contributed by atoms with Gasteiger partial charge in [0.1, 0.15) is 0 Å². The molecule has 0 spiro atoms. The van der Waals surface area contributed by atoms with E-state index in [-0.39, 0.29) is 0 Å². The van der Waals surface area contributed by atoms with E-state index >= 15 is 0 Å². The van der Waals surface area contributed by atoms with Gasteiger partial charge >= 0.3 is 0 Å². The zero-order chi connectivity index (χ0) is 15.4. The minimum Gasteiger partial charge on any atom is -0.367 e. The van der Waals surface area contributed by atoms with Crippen molar-refractivity contribution in [1.29, 1.82) is 0 Å². The molecule has 0 bridgehead atoms. The molecule has 1 saturated heterocycles. The van der Waals surface area contributed by atoms with Crippen LogP contribution in [-0.2, 0) is 6.42 Å². The van der Waals surface area contributed by atoms with E-state index in [9.17, 15) is 0 Å². The molecule has 114 valence electrons. The number of halogens is 1. The van der Waals surface area contributed by atoms with Crippen molar-refractivity contribution in [3.05, 3.63) is 46.6 Å². The van der Waals surface area contributed by atoms with Gasteiger partial charge in [-0.1, -0.05) is 38.1 Å². The van der Waals surface area contributed by atoms with Gasteiger partial charge in [0.25, 0.3) is 0 Å². The Balaban J connectivity index is 2.36. The molecule has 1 aromatic rings. The van der Waals surface area contributed by atoms with Crippen LogP contribution in [0.3, 0.4) is 0 Å². The number of aryl methyl sites for hydroxylation is 1. The molecule has 0 N–H and O–H groups in total. The zero-order valence-corrected chi connectivity index (χ0v) is 14.1. The third-order valence-electron chi connectivity index (χ3n) is 4.31. The number of likely N-dealkylation sites (tertiary alicyclic amines) is 1. The highest BCUT2D eigenvalue weighted by atomic mass is 35.5. The average Bonchev–Trinajstić information content (AvgIpc) is 2.91. The summed E-state index contributed by atoms with van der Waals surface area (Å²) in [5, 5.41) is 0.843. The monoisotopic (exact) mass is 304 g/mol. The Morgan fingerprint density at radius 1 is 1.43 bits per heavy atom. The normalized spacial score (nSPS) is 17.4. The lowest BCUT2D eigenvalue weighted by atomic mass is 9.97. The Hall–Kier alpha value is -1.28. The summed E-state index contributed by atoms with van der Waals surface area (Å²) in [4.78, 5) is 7.02. The van der Waals surface area contributed by atoms with Crippen LogP contribution >= 0.6 is 11.6 Å². The predicted molar refractivity (Wildman–Crippen MR) is 92.5 cm³/mol. The van der Waals surface area contributed by atoms with Crippen molar-refractivity contribution in [3.63, 3.8) is 0 Å². The first-order valence-corrected chi connectivity index (χ1v) is 8.20. The SMILES string of the molecule is C=C1CCCN1C(CC)C(=NC)c1ccc(Cl)c(CC)c1. The van der Waals surface area contributed by atoms with Crippen LogP contribution in [0.15, 0.2) is 35.5 Å². The summed E-state index contributed by atoms with van der Waals surface area (Å²) in [6.07, 6.45) is 4.29. The van der Waals surface area contributed by atoms with Gasteiger partial charge < -0.3 is 4.90 Å². The highest BCUT2D eigenvalue weighted by molar-refractivity contribution is 6.31. The Labute approximate surface area is 133 Å². The maximum absolute atomic E-state index is 6.24.